The van der Waals surface area contributed by atoms with Gasteiger partial charge in [-0.3, -0.25) is 9.69 Å². The average Bonchev–Trinajstić information content (AvgIpc) is 2.67. The molecule has 0 saturated carbocycles. The first kappa shape index (κ1) is 14.7. The lowest BCUT2D eigenvalue weighted by atomic mass is 10.4. The van der Waals surface area contributed by atoms with E-state index in [1.54, 1.807) is 6.92 Å². The molecule has 19 heavy (non-hydrogen) atoms. The van der Waals surface area contributed by atoms with Crippen molar-refractivity contribution >= 4 is 11.8 Å². The minimum Gasteiger partial charge on any atom is -0.480 e. The smallest absolute Gasteiger partial charge is 0.342 e. The number of rotatable bonds is 7. The maximum Gasteiger partial charge on any atom is 0.342 e. The Labute approximate surface area is 109 Å². The Hall–Kier alpha value is -2.40. The number of carboxylic acid groups (broad SMARTS) is 1. The zero-order valence-electron chi connectivity index (χ0n) is 10.4. The fourth-order valence-corrected chi connectivity index (χ4v) is 1.65. The third-order valence-electron chi connectivity index (χ3n) is 2.53. The SMILES string of the molecule is C#CCN(CCn1c([N+](=O)[O-])cnc1C)CC(=O)O. The molecule has 0 atom stereocenters. The first-order valence-corrected chi connectivity index (χ1v) is 5.49. The molecule has 0 radical (unpaired) electrons. The van der Waals surface area contributed by atoms with Crippen LogP contribution in [0.15, 0.2) is 6.20 Å². The summed E-state index contributed by atoms with van der Waals surface area (Å²) in [4.78, 5) is 26.3. The van der Waals surface area contributed by atoms with E-state index in [2.05, 4.69) is 10.9 Å². The predicted octanol–water partition coefficient (Wildman–Crippen LogP) is 0.120. The molecule has 1 heterocycles. The number of carboxylic acids is 1. The molecular formula is C11H14N4O4. The van der Waals surface area contributed by atoms with Gasteiger partial charge in [-0.2, -0.15) is 0 Å². The molecule has 8 nitrogen and oxygen atoms in total. The lowest BCUT2D eigenvalue weighted by Crippen LogP contribution is -2.33. The molecule has 0 aromatic carbocycles. The lowest BCUT2D eigenvalue weighted by molar-refractivity contribution is -0.392. The van der Waals surface area contributed by atoms with Crippen molar-refractivity contribution in [1.82, 2.24) is 14.5 Å². The summed E-state index contributed by atoms with van der Waals surface area (Å²) in [6.45, 7) is 2.18. The van der Waals surface area contributed by atoms with Crippen LogP contribution in [0.1, 0.15) is 5.82 Å². The summed E-state index contributed by atoms with van der Waals surface area (Å²) in [5, 5.41) is 19.5. The zero-order chi connectivity index (χ0) is 14.4. The number of terminal acetylenes is 1. The van der Waals surface area contributed by atoms with Gasteiger partial charge in [-0.15, -0.1) is 6.42 Å². The van der Waals surface area contributed by atoms with Crippen LogP contribution in [0.4, 0.5) is 5.82 Å². The normalized spacial score (nSPS) is 10.4. The van der Waals surface area contributed by atoms with E-state index >= 15 is 0 Å². The number of hydrogen-bond acceptors (Lipinski definition) is 5. The highest BCUT2D eigenvalue weighted by Crippen LogP contribution is 2.13. The second kappa shape index (κ2) is 6.51. The Kier molecular flexibility index (Phi) is 5.02. The van der Waals surface area contributed by atoms with Gasteiger partial charge in [0.05, 0.1) is 13.1 Å². The number of hydrogen-bond donors (Lipinski definition) is 1. The Balaban J connectivity index is 2.74. The number of nitro groups is 1. The van der Waals surface area contributed by atoms with Crippen LogP contribution in [-0.2, 0) is 11.3 Å². The van der Waals surface area contributed by atoms with Crippen LogP contribution >= 0.6 is 0 Å². The predicted molar refractivity (Wildman–Crippen MR) is 66.5 cm³/mol. The van der Waals surface area contributed by atoms with Gasteiger partial charge in [-0.05, 0) is 4.92 Å². The highest BCUT2D eigenvalue weighted by atomic mass is 16.6. The fourth-order valence-electron chi connectivity index (χ4n) is 1.65. The van der Waals surface area contributed by atoms with Crippen LogP contribution in [0, 0.1) is 29.4 Å². The van der Waals surface area contributed by atoms with Crippen LogP contribution in [0.25, 0.3) is 0 Å². The summed E-state index contributed by atoms with van der Waals surface area (Å²) in [6.07, 6.45) is 6.33. The Morgan fingerprint density at radius 2 is 2.42 bits per heavy atom. The van der Waals surface area contributed by atoms with Gasteiger partial charge in [-0.25, -0.2) is 9.55 Å². The number of aliphatic carboxylic acids is 1. The Morgan fingerprint density at radius 3 is 2.95 bits per heavy atom. The van der Waals surface area contributed by atoms with E-state index in [-0.39, 0.29) is 25.5 Å². The van der Waals surface area contributed by atoms with E-state index < -0.39 is 10.9 Å². The Bertz CT molecular complexity index is 517. The third kappa shape index (κ3) is 4.08. The van der Waals surface area contributed by atoms with Crippen LogP contribution < -0.4 is 0 Å². The first-order chi connectivity index (χ1) is 8.95. The Morgan fingerprint density at radius 1 is 1.74 bits per heavy atom. The fraction of sp³-hybridized carbons (Fsp3) is 0.455. The van der Waals surface area contributed by atoms with Gasteiger partial charge in [0.25, 0.3) is 0 Å². The molecule has 0 saturated heterocycles. The van der Waals surface area contributed by atoms with Crippen molar-refractivity contribution < 1.29 is 14.8 Å². The van der Waals surface area contributed by atoms with Gasteiger partial charge in [0, 0.05) is 13.5 Å². The van der Waals surface area contributed by atoms with Crippen molar-refractivity contribution in [2.45, 2.75) is 13.5 Å². The highest BCUT2D eigenvalue weighted by molar-refractivity contribution is 5.69. The topological polar surface area (TPSA) is 102 Å². The summed E-state index contributed by atoms with van der Waals surface area (Å²) < 4.78 is 1.42. The van der Waals surface area contributed by atoms with E-state index in [4.69, 9.17) is 11.5 Å². The quantitative estimate of drug-likeness (QED) is 0.427. The van der Waals surface area contributed by atoms with Crippen molar-refractivity contribution in [1.29, 1.82) is 0 Å². The van der Waals surface area contributed by atoms with Gasteiger partial charge in [0.1, 0.15) is 12.7 Å². The van der Waals surface area contributed by atoms with Crippen LogP contribution in [0.5, 0.6) is 0 Å². The number of nitrogens with zero attached hydrogens (tertiary/aromatic N) is 4. The lowest BCUT2D eigenvalue weighted by Gasteiger charge is -2.16. The van der Waals surface area contributed by atoms with Crippen LogP contribution in [-0.4, -0.2) is 50.1 Å². The maximum atomic E-state index is 10.8. The minimum atomic E-state index is -0.993. The molecule has 0 fully saturated rings. The summed E-state index contributed by atoms with van der Waals surface area (Å²) in [5.41, 5.74) is 0. The van der Waals surface area contributed by atoms with Crippen molar-refractivity contribution in [2.24, 2.45) is 0 Å². The van der Waals surface area contributed by atoms with Gasteiger partial charge < -0.3 is 15.2 Å². The largest absolute Gasteiger partial charge is 0.480 e. The van der Waals surface area contributed by atoms with Crippen molar-refractivity contribution in [3.05, 3.63) is 22.1 Å². The van der Waals surface area contributed by atoms with Crippen molar-refractivity contribution in [3.63, 3.8) is 0 Å². The number of aromatic nitrogens is 2. The van der Waals surface area contributed by atoms with E-state index in [0.29, 0.717) is 12.4 Å². The van der Waals surface area contributed by atoms with E-state index in [1.807, 2.05) is 0 Å². The molecule has 0 aliphatic carbocycles. The number of carbonyl (C=O) groups is 1. The molecule has 0 aliphatic heterocycles. The van der Waals surface area contributed by atoms with Crippen LogP contribution in [0.2, 0.25) is 0 Å². The average molecular weight is 266 g/mol. The molecule has 8 heteroatoms. The summed E-state index contributed by atoms with van der Waals surface area (Å²) >= 11 is 0. The third-order valence-corrected chi connectivity index (χ3v) is 2.53. The summed E-state index contributed by atoms with van der Waals surface area (Å²) in [7, 11) is 0. The molecule has 0 unspecified atom stereocenters. The molecule has 0 aliphatic rings. The second-order valence-corrected chi connectivity index (χ2v) is 3.88. The monoisotopic (exact) mass is 266 g/mol. The molecule has 1 N–H and O–H groups in total. The zero-order valence-corrected chi connectivity index (χ0v) is 10.4. The molecule has 1 aromatic rings. The molecule has 1 aromatic heterocycles. The first-order valence-electron chi connectivity index (χ1n) is 5.49. The van der Waals surface area contributed by atoms with Gasteiger partial charge in [0.15, 0.2) is 5.82 Å². The number of aryl methyl sites for hydroxylation is 1. The molecule has 0 spiro atoms. The second-order valence-electron chi connectivity index (χ2n) is 3.88. The molecular weight excluding hydrogens is 252 g/mol. The molecule has 102 valence electrons. The standard InChI is InChI=1S/C11H14N4O4/c1-3-4-13(8-11(16)17)5-6-14-9(2)12-7-10(14)15(18)19/h1,7H,4-6,8H2,2H3,(H,16,17). The molecule has 1 rings (SSSR count). The van der Waals surface area contributed by atoms with Gasteiger partial charge in [-0.1, -0.05) is 5.92 Å². The molecule has 0 amide bonds. The van der Waals surface area contributed by atoms with E-state index in [1.165, 1.54) is 15.7 Å². The van der Waals surface area contributed by atoms with Gasteiger partial charge in [0.2, 0.25) is 0 Å². The summed E-state index contributed by atoms with van der Waals surface area (Å²) in [6, 6.07) is 0. The van der Waals surface area contributed by atoms with Crippen LogP contribution in [0.3, 0.4) is 0 Å². The maximum absolute atomic E-state index is 10.8. The highest BCUT2D eigenvalue weighted by Gasteiger charge is 2.18. The number of imidazole rings is 1. The van der Waals surface area contributed by atoms with E-state index in [9.17, 15) is 14.9 Å². The van der Waals surface area contributed by atoms with E-state index in [0.717, 1.165) is 0 Å². The van der Waals surface area contributed by atoms with Crippen molar-refractivity contribution in [2.75, 3.05) is 19.6 Å². The molecule has 0 bridgehead atoms. The summed E-state index contributed by atoms with van der Waals surface area (Å²) in [5.74, 6) is 1.75. The minimum absolute atomic E-state index is 0.117. The van der Waals surface area contributed by atoms with Gasteiger partial charge >= 0.3 is 11.8 Å². The van der Waals surface area contributed by atoms with Crippen molar-refractivity contribution in [3.8, 4) is 12.3 Å².